The van der Waals surface area contributed by atoms with Gasteiger partial charge in [-0.2, -0.15) is 0 Å². The average Bonchev–Trinajstić information content (AvgIpc) is 2.91. The second-order valence-electron chi connectivity index (χ2n) is 5.50. The molecule has 0 radical (unpaired) electrons. The molecule has 0 spiro atoms. The van der Waals surface area contributed by atoms with Crippen molar-refractivity contribution in [2.75, 3.05) is 25.5 Å². The second-order valence-corrected chi connectivity index (χ2v) is 5.50. The van der Waals surface area contributed by atoms with Crippen LogP contribution in [-0.4, -0.2) is 31.1 Å². The van der Waals surface area contributed by atoms with Gasteiger partial charge in [-0.15, -0.1) is 0 Å². The molecular weight excluding hydrogens is 220 g/mol. The van der Waals surface area contributed by atoms with Crippen molar-refractivity contribution in [2.24, 2.45) is 0 Å². The summed E-state index contributed by atoms with van der Waals surface area (Å²) in [6.07, 6.45) is 5.05. The van der Waals surface area contributed by atoms with Gasteiger partial charge in [0.2, 0.25) is 0 Å². The van der Waals surface area contributed by atoms with Gasteiger partial charge in [0.1, 0.15) is 0 Å². The zero-order chi connectivity index (χ0) is 12.5. The molecule has 0 amide bonds. The van der Waals surface area contributed by atoms with E-state index in [-0.39, 0.29) is 0 Å². The van der Waals surface area contributed by atoms with Gasteiger partial charge in [-0.25, -0.2) is 0 Å². The van der Waals surface area contributed by atoms with E-state index in [2.05, 4.69) is 35.0 Å². The molecule has 3 rings (SSSR count). The van der Waals surface area contributed by atoms with Crippen LogP contribution in [0.1, 0.15) is 30.4 Å². The summed E-state index contributed by atoms with van der Waals surface area (Å²) in [4.78, 5) is 2.65. The summed E-state index contributed by atoms with van der Waals surface area (Å²) in [7, 11) is 2.00. The smallest absolute Gasteiger partial charge is 0.0416 e. The van der Waals surface area contributed by atoms with Crippen LogP contribution in [0.5, 0.6) is 0 Å². The molecule has 1 aromatic rings. The van der Waals surface area contributed by atoms with E-state index in [1.54, 1.807) is 0 Å². The second kappa shape index (κ2) is 4.77. The summed E-state index contributed by atoms with van der Waals surface area (Å²) in [6.45, 7) is 6.87. The lowest BCUT2D eigenvalue weighted by Gasteiger charge is -2.34. The lowest BCUT2D eigenvalue weighted by molar-refractivity contribution is 0.241. The Kier molecular flexibility index (Phi) is 3.13. The third kappa shape index (κ3) is 1.95. The summed E-state index contributed by atoms with van der Waals surface area (Å²) >= 11 is 0. The minimum absolute atomic E-state index is 0.680. The lowest BCUT2D eigenvalue weighted by atomic mass is 9.83. The van der Waals surface area contributed by atoms with Gasteiger partial charge in [0.15, 0.2) is 0 Å². The first kappa shape index (κ1) is 11.8. The van der Waals surface area contributed by atoms with Gasteiger partial charge in [0.25, 0.3) is 0 Å². The summed E-state index contributed by atoms with van der Waals surface area (Å²) in [5.74, 6) is 0. The molecule has 18 heavy (non-hydrogen) atoms. The van der Waals surface area contributed by atoms with E-state index in [1.165, 1.54) is 54.7 Å². The first-order valence-corrected chi connectivity index (χ1v) is 7.01. The highest BCUT2D eigenvalue weighted by atomic mass is 15.2. The Morgan fingerprint density at radius 1 is 1.22 bits per heavy atom. The first-order valence-electron chi connectivity index (χ1n) is 7.01. The number of nitrogens with zero attached hydrogens (tertiary/aromatic N) is 1. The molecule has 2 nitrogen and oxygen atoms in total. The van der Waals surface area contributed by atoms with Crippen LogP contribution in [0.4, 0.5) is 5.69 Å². The maximum absolute atomic E-state index is 4.32. The molecule has 0 saturated carbocycles. The zero-order valence-corrected chi connectivity index (χ0v) is 11.2. The van der Waals surface area contributed by atoms with Crippen molar-refractivity contribution in [2.45, 2.75) is 31.7 Å². The van der Waals surface area contributed by atoms with Crippen molar-refractivity contribution >= 4 is 11.3 Å². The Morgan fingerprint density at radius 2 is 2.00 bits per heavy atom. The standard InChI is InChI=1S/C16H22N2/c1-12-10-14(18-8-3-4-9-18)11-13-6-5-7-15(17-2)16(12)13/h5-7,14,17H,1,3-4,8-11H2,2H3. The van der Waals surface area contributed by atoms with Crippen LogP contribution < -0.4 is 5.32 Å². The quantitative estimate of drug-likeness (QED) is 0.857. The molecule has 1 aromatic carbocycles. The van der Waals surface area contributed by atoms with Crippen LogP contribution in [0.3, 0.4) is 0 Å². The molecule has 0 aromatic heterocycles. The summed E-state index contributed by atoms with van der Waals surface area (Å²) < 4.78 is 0. The van der Waals surface area contributed by atoms with Gasteiger partial charge >= 0.3 is 0 Å². The molecule has 1 N–H and O–H groups in total. The molecule has 1 aliphatic carbocycles. The van der Waals surface area contributed by atoms with E-state index >= 15 is 0 Å². The van der Waals surface area contributed by atoms with E-state index < -0.39 is 0 Å². The number of rotatable bonds is 2. The Hall–Kier alpha value is -1.28. The molecular formula is C16H22N2. The molecule has 2 aliphatic rings. The van der Waals surface area contributed by atoms with E-state index in [1.807, 2.05) is 7.05 Å². The number of likely N-dealkylation sites (tertiary alicyclic amines) is 1. The van der Waals surface area contributed by atoms with Crippen molar-refractivity contribution in [3.63, 3.8) is 0 Å². The number of hydrogen-bond acceptors (Lipinski definition) is 2. The number of hydrogen-bond donors (Lipinski definition) is 1. The molecule has 1 saturated heterocycles. The minimum Gasteiger partial charge on any atom is -0.388 e. The fourth-order valence-corrected chi connectivity index (χ4v) is 3.47. The van der Waals surface area contributed by atoms with E-state index in [9.17, 15) is 0 Å². The van der Waals surface area contributed by atoms with Gasteiger partial charge < -0.3 is 5.32 Å². The topological polar surface area (TPSA) is 15.3 Å². The summed E-state index contributed by atoms with van der Waals surface area (Å²) in [5.41, 5.74) is 5.38. The van der Waals surface area contributed by atoms with Gasteiger partial charge in [-0.05, 0) is 56.0 Å². The summed E-state index contributed by atoms with van der Waals surface area (Å²) in [5, 5.41) is 3.30. The highest BCUT2D eigenvalue weighted by Crippen LogP contribution is 2.37. The molecule has 96 valence electrons. The number of fused-ring (bicyclic) bond motifs is 1. The highest BCUT2D eigenvalue weighted by molar-refractivity contribution is 5.79. The molecule has 2 heteroatoms. The molecule has 1 fully saturated rings. The van der Waals surface area contributed by atoms with Crippen molar-refractivity contribution in [1.82, 2.24) is 4.90 Å². The van der Waals surface area contributed by atoms with Crippen LogP contribution in [0, 0.1) is 0 Å². The normalized spacial score (nSPS) is 24.1. The Morgan fingerprint density at radius 3 is 2.72 bits per heavy atom. The first-order chi connectivity index (χ1) is 8.79. The average molecular weight is 242 g/mol. The van der Waals surface area contributed by atoms with Crippen LogP contribution >= 0.6 is 0 Å². The third-order valence-corrected chi connectivity index (χ3v) is 4.37. The minimum atomic E-state index is 0.680. The van der Waals surface area contributed by atoms with Crippen LogP contribution in [0.2, 0.25) is 0 Å². The molecule has 1 aliphatic heterocycles. The number of nitrogens with one attached hydrogen (secondary N) is 1. The van der Waals surface area contributed by atoms with E-state index in [0.717, 1.165) is 6.42 Å². The molecule has 1 unspecified atom stereocenters. The monoisotopic (exact) mass is 242 g/mol. The molecule has 0 bridgehead atoms. The van der Waals surface area contributed by atoms with Crippen molar-refractivity contribution in [3.05, 3.63) is 35.9 Å². The number of anilines is 1. The van der Waals surface area contributed by atoms with Crippen molar-refractivity contribution in [3.8, 4) is 0 Å². The molecule has 1 heterocycles. The fourth-order valence-electron chi connectivity index (χ4n) is 3.47. The zero-order valence-electron chi connectivity index (χ0n) is 11.2. The predicted molar refractivity (Wildman–Crippen MR) is 77.9 cm³/mol. The SMILES string of the molecule is C=C1CC(N2CCCC2)Cc2cccc(NC)c21. The van der Waals surface area contributed by atoms with Crippen molar-refractivity contribution in [1.29, 1.82) is 0 Å². The third-order valence-electron chi connectivity index (χ3n) is 4.37. The Labute approximate surface area is 110 Å². The van der Waals surface area contributed by atoms with Crippen molar-refractivity contribution < 1.29 is 0 Å². The fraction of sp³-hybridized carbons (Fsp3) is 0.500. The Balaban J connectivity index is 1.90. The Bertz CT molecular complexity index is 458. The van der Waals surface area contributed by atoms with Crippen LogP contribution in [-0.2, 0) is 6.42 Å². The molecule has 1 atom stereocenters. The van der Waals surface area contributed by atoms with Gasteiger partial charge in [-0.1, -0.05) is 18.7 Å². The van der Waals surface area contributed by atoms with Gasteiger partial charge in [0, 0.05) is 24.3 Å². The predicted octanol–water partition coefficient (Wildman–Crippen LogP) is 3.15. The lowest BCUT2D eigenvalue weighted by Crippen LogP contribution is -2.36. The van der Waals surface area contributed by atoms with Gasteiger partial charge in [-0.3, -0.25) is 4.90 Å². The highest BCUT2D eigenvalue weighted by Gasteiger charge is 2.28. The number of benzene rings is 1. The van der Waals surface area contributed by atoms with Crippen LogP contribution in [0.15, 0.2) is 24.8 Å². The van der Waals surface area contributed by atoms with Crippen LogP contribution in [0.25, 0.3) is 5.57 Å². The maximum Gasteiger partial charge on any atom is 0.0416 e. The summed E-state index contributed by atoms with van der Waals surface area (Å²) in [6, 6.07) is 7.26. The van der Waals surface area contributed by atoms with E-state index in [4.69, 9.17) is 0 Å². The largest absolute Gasteiger partial charge is 0.388 e. The van der Waals surface area contributed by atoms with Gasteiger partial charge in [0.05, 0.1) is 0 Å². The van der Waals surface area contributed by atoms with E-state index in [0.29, 0.717) is 6.04 Å². The maximum atomic E-state index is 4.32.